The lowest BCUT2D eigenvalue weighted by molar-refractivity contribution is -0.673. The fraction of sp³-hybridized carbons (Fsp3) is 0.208. The highest BCUT2D eigenvalue weighted by Gasteiger charge is 2.18. The van der Waals surface area contributed by atoms with E-state index in [-0.39, 0.29) is 9.79 Å². The molecule has 4 bridgehead atoms. The van der Waals surface area contributed by atoms with Crippen LogP contribution in [0.3, 0.4) is 0 Å². The number of rotatable bonds is 2. The van der Waals surface area contributed by atoms with E-state index in [9.17, 15) is 25.9 Å². The summed E-state index contributed by atoms with van der Waals surface area (Å²) in [5, 5.41) is 0. The number of hydrogen-bond donors (Lipinski definition) is 0. The van der Waals surface area contributed by atoms with E-state index < -0.39 is 20.2 Å². The molecule has 0 fully saturated rings. The predicted molar refractivity (Wildman–Crippen MR) is 237 cm³/mol. The second-order valence-electron chi connectivity index (χ2n) is 14.8. The average molecular weight is 905 g/mol. The first-order valence-corrected chi connectivity index (χ1v) is 23.3. The van der Waals surface area contributed by atoms with E-state index in [1.165, 1.54) is 24.3 Å². The van der Waals surface area contributed by atoms with Crippen LogP contribution < -0.4 is 28.1 Å². The van der Waals surface area contributed by atoms with Crippen molar-refractivity contribution in [3.8, 4) is 23.0 Å². The normalized spacial score (nSPS) is 13.6. The number of benzene rings is 6. The molecule has 0 radical (unpaired) electrons. The molecule has 14 nitrogen and oxygen atoms in total. The number of fused-ring (bicyclic) bond motifs is 12. The smallest absolute Gasteiger partial charge is 0.244 e. The van der Waals surface area contributed by atoms with Crippen LogP contribution in [0.2, 0.25) is 0 Å². The maximum Gasteiger partial charge on any atom is 0.244 e. The first kappa shape index (κ1) is 45.3. The zero-order valence-electron chi connectivity index (χ0n) is 35.4. The molecule has 0 spiro atoms. The van der Waals surface area contributed by atoms with Crippen LogP contribution in [0.15, 0.2) is 168 Å². The Kier molecular flexibility index (Phi) is 14.6. The summed E-state index contributed by atoms with van der Waals surface area (Å²) in [4.78, 5) is -0.355. The molecule has 0 N–H and O–H groups in total. The van der Waals surface area contributed by atoms with Crippen molar-refractivity contribution in [2.24, 2.45) is 0 Å². The van der Waals surface area contributed by atoms with Gasteiger partial charge >= 0.3 is 0 Å². The Hall–Kier alpha value is -6.72. The molecule has 0 atom stereocenters. The van der Waals surface area contributed by atoms with E-state index in [1.807, 2.05) is 62.4 Å². The van der Waals surface area contributed by atoms with Crippen molar-refractivity contribution >= 4 is 42.3 Å². The van der Waals surface area contributed by atoms with Gasteiger partial charge in [-0.05, 0) is 86.6 Å². The van der Waals surface area contributed by atoms with Crippen LogP contribution in [0.1, 0.15) is 11.1 Å². The summed E-state index contributed by atoms with van der Waals surface area (Å²) in [6.07, 6.45) is 4.28. The average Bonchev–Trinajstić information content (AvgIpc) is 3.82. The summed E-state index contributed by atoms with van der Waals surface area (Å²) in [5.41, 5.74) is 6.48. The molecule has 9 rings (SSSR count). The van der Waals surface area contributed by atoms with Crippen molar-refractivity contribution in [3.63, 3.8) is 0 Å². The predicted octanol–water partition coefficient (Wildman–Crippen LogP) is 6.60. The molecule has 0 unspecified atom stereocenters. The van der Waals surface area contributed by atoms with Crippen LogP contribution in [-0.4, -0.2) is 61.5 Å². The number of imidazole rings is 2. The Bertz CT molecular complexity index is 2710. The van der Waals surface area contributed by atoms with E-state index in [0.717, 1.165) is 56.2 Å². The quantitative estimate of drug-likeness (QED) is 0.136. The fourth-order valence-electron chi connectivity index (χ4n) is 7.00. The first-order valence-electron chi connectivity index (χ1n) is 20.5. The number of hydrogen-bond acceptors (Lipinski definition) is 10. The van der Waals surface area contributed by atoms with Crippen LogP contribution in [-0.2, 0) is 46.4 Å². The van der Waals surface area contributed by atoms with Gasteiger partial charge in [-0.2, -0.15) is 0 Å². The van der Waals surface area contributed by atoms with Crippen molar-refractivity contribution in [2.45, 2.75) is 49.8 Å². The van der Waals surface area contributed by atoms with Crippen LogP contribution in [0.4, 0.5) is 0 Å². The molecule has 64 heavy (non-hydrogen) atoms. The van der Waals surface area contributed by atoms with Gasteiger partial charge in [-0.1, -0.05) is 83.9 Å². The van der Waals surface area contributed by atoms with Gasteiger partial charge in [0.05, 0.1) is 9.79 Å². The molecule has 16 heteroatoms. The summed E-state index contributed by atoms with van der Waals surface area (Å²) in [5.74, 6) is 3.00. The monoisotopic (exact) mass is 904 g/mol. The lowest BCUT2D eigenvalue weighted by Crippen LogP contribution is -2.35. The Morgan fingerprint density at radius 1 is 0.438 bits per heavy atom. The summed E-state index contributed by atoms with van der Waals surface area (Å²) in [6.45, 7) is 8.52. The minimum Gasteiger partial charge on any atom is -0.744 e. The van der Waals surface area contributed by atoms with Gasteiger partial charge in [0.2, 0.25) is 12.7 Å². The van der Waals surface area contributed by atoms with Crippen LogP contribution >= 0.6 is 0 Å². The van der Waals surface area contributed by atoms with E-state index in [4.69, 9.17) is 18.9 Å². The molecule has 0 saturated heterocycles. The van der Waals surface area contributed by atoms with E-state index in [1.54, 1.807) is 24.3 Å². The van der Waals surface area contributed by atoms with Crippen molar-refractivity contribution in [1.29, 1.82) is 0 Å². The Morgan fingerprint density at radius 3 is 1.09 bits per heavy atom. The van der Waals surface area contributed by atoms with Crippen molar-refractivity contribution in [2.75, 3.05) is 26.4 Å². The lowest BCUT2D eigenvalue weighted by atomic mass is 10.2. The third-order valence-corrected chi connectivity index (χ3v) is 11.9. The number of para-hydroxylation sites is 8. The number of aryl methyl sites for hydroxylation is 2. The zero-order chi connectivity index (χ0) is 45.1. The molecule has 6 aromatic carbocycles. The zero-order valence-corrected chi connectivity index (χ0v) is 37.0. The summed E-state index contributed by atoms with van der Waals surface area (Å²) >= 11 is 0. The topological polar surface area (TPSA) is 169 Å². The van der Waals surface area contributed by atoms with Gasteiger partial charge in [-0.25, -0.2) is 35.1 Å². The molecule has 8 aromatic rings. The largest absolute Gasteiger partial charge is 0.744 e. The summed E-state index contributed by atoms with van der Waals surface area (Å²) in [7, 11) is -8.54. The van der Waals surface area contributed by atoms with Crippen molar-refractivity contribution in [1.82, 2.24) is 9.13 Å². The maximum absolute atomic E-state index is 10.4. The lowest BCUT2D eigenvalue weighted by Gasteiger charge is -2.12. The SMILES string of the molecule is Cc1ccc(S(=O)(=O)[O-])cc1.Cc1ccc(S(=O)(=O)[O-])cc1.c1ccc2c(c1)OCCn1c[n+](c3ccccc31)CCOc1ccccc1OCCn1c[n+](c3ccccc31)CCO2. The van der Waals surface area contributed by atoms with Crippen molar-refractivity contribution in [3.05, 3.63) is 169 Å². The third-order valence-electron chi connectivity index (χ3n) is 10.2. The van der Waals surface area contributed by atoms with Gasteiger partial charge in [0.1, 0.15) is 72.8 Å². The molecular weight excluding hydrogens is 857 g/mol. The maximum atomic E-state index is 10.4. The Balaban J connectivity index is 0.000000227. The minimum atomic E-state index is -4.27. The number of aromatic nitrogens is 4. The van der Waals surface area contributed by atoms with Gasteiger partial charge in [0.25, 0.3) is 0 Å². The highest BCUT2D eigenvalue weighted by Crippen LogP contribution is 2.28. The van der Waals surface area contributed by atoms with Crippen LogP contribution in [0.25, 0.3) is 22.1 Å². The van der Waals surface area contributed by atoms with E-state index in [2.05, 4.69) is 79.5 Å². The second-order valence-corrected chi connectivity index (χ2v) is 17.6. The highest BCUT2D eigenvalue weighted by molar-refractivity contribution is 7.86. The van der Waals surface area contributed by atoms with Crippen LogP contribution in [0.5, 0.6) is 23.0 Å². The minimum absolute atomic E-state index is 0.178. The molecule has 2 aromatic heterocycles. The number of ether oxygens (including phenoxy) is 4. The van der Waals surface area contributed by atoms with Gasteiger partial charge in [0.15, 0.2) is 45.1 Å². The summed E-state index contributed by atoms with van der Waals surface area (Å²) < 4.78 is 96.2. The third kappa shape index (κ3) is 11.8. The molecule has 1 aliphatic heterocycles. The standard InChI is InChI=1S/C34H34N4O4.2C7H8O3S/c1-2-10-28-27(9-1)35-17-21-39-31-13-5-6-14-32(31)41-23-19-37-26-38(30-12-4-3-11-29(30)37)20-24-42-34-16-8-7-15-33(34)40-22-18-36(28)25-35;2*1-6-2-4-7(5-3-6)11(8,9)10/h1-16,25-26H,17-24H2;2*2-5H,1H3,(H,8,9,10)/q+2;;/p-2. The second kappa shape index (κ2) is 20.6. The Labute approximate surface area is 372 Å². The first-order chi connectivity index (χ1) is 30.8. The molecular formula is C48H48N4O10S2. The molecule has 0 amide bonds. The fourth-order valence-corrected chi connectivity index (χ4v) is 7.94. The van der Waals surface area contributed by atoms with Gasteiger partial charge < -0.3 is 28.1 Å². The number of nitrogens with zero attached hydrogens (tertiary/aromatic N) is 4. The van der Waals surface area contributed by atoms with Gasteiger partial charge in [-0.3, -0.25) is 0 Å². The van der Waals surface area contributed by atoms with Gasteiger partial charge in [-0.15, -0.1) is 0 Å². The Morgan fingerprint density at radius 2 is 0.750 bits per heavy atom. The molecule has 3 heterocycles. The van der Waals surface area contributed by atoms with Crippen LogP contribution in [0, 0.1) is 13.8 Å². The molecule has 332 valence electrons. The highest BCUT2D eigenvalue weighted by atomic mass is 32.2. The molecule has 1 aliphatic rings. The van der Waals surface area contributed by atoms with Gasteiger partial charge in [0, 0.05) is 0 Å². The molecule has 0 aliphatic carbocycles. The van der Waals surface area contributed by atoms with Crippen molar-refractivity contribution < 1.29 is 54.0 Å². The summed E-state index contributed by atoms with van der Waals surface area (Å²) in [6, 6.07) is 44.2. The van der Waals surface area contributed by atoms with E-state index in [0.29, 0.717) is 52.6 Å². The molecule has 0 saturated carbocycles. The van der Waals surface area contributed by atoms with E-state index >= 15 is 0 Å².